The number of likely N-dealkylation sites (N-methyl/N-ethyl adjacent to an activating group) is 1. The number of rotatable bonds is 6. The summed E-state index contributed by atoms with van der Waals surface area (Å²) < 4.78 is 5.43. The average Bonchev–Trinajstić information content (AvgIpc) is 2.92. The Labute approximate surface area is 116 Å². The van der Waals surface area contributed by atoms with Crippen LogP contribution in [0.15, 0.2) is 24.3 Å². The maximum absolute atomic E-state index is 5.43. The molecule has 1 fully saturated rings. The molecule has 0 aromatic heterocycles. The molecule has 1 aromatic carbocycles. The minimum absolute atomic E-state index is 0.539. The van der Waals surface area contributed by atoms with Gasteiger partial charge in [-0.3, -0.25) is 0 Å². The van der Waals surface area contributed by atoms with Crippen molar-refractivity contribution < 1.29 is 4.74 Å². The minimum Gasteiger partial charge on any atom is -0.496 e. The lowest BCUT2D eigenvalue weighted by molar-refractivity contribution is 0.221. The van der Waals surface area contributed by atoms with Gasteiger partial charge in [-0.1, -0.05) is 18.2 Å². The van der Waals surface area contributed by atoms with Crippen LogP contribution in [-0.4, -0.2) is 44.7 Å². The number of methoxy groups -OCH3 is 1. The second-order valence-electron chi connectivity index (χ2n) is 5.66. The summed E-state index contributed by atoms with van der Waals surface area (Å²) in [5.41, 5.74) is 1.30. The Morgan fingerprint density at radius 3 is 2.89 bits per heavy atom. The molecule has 19 heavy (non-hydrogen) atoms. The van der Waals surface area contributed by atoms with Crippen molar-refractivity contribution in [1.82, 2.24) is 10.2 Å². The highest BCUT2D eigenvalue weighted by molar-refractivity contribution is 5.33. The molecule has 3 heteroatoms. The molecular formula is C16H26N2O. The fourth-order valence-electron chi connectivity index (χ4n) is 2.80. The zero-order chi connectivity index (χ0) is 13.7. The molecule has 106 valence electrons. The van der Waals surface area contributed by atoms with Gasteiger partial charge in [-0.25, -0.2) is 0 Å². The SMILES string of the molecule is COc1ccccc1CC(C)N(C)CC1CCNC1. The molecule has 1 aromatic rings. The molecule has 0 saturated carbocycles. The van der Waals surface area contributed by atoms with Crippen LogP contribution in [0.25, 0.3) is 0 Å². The van der Waals surface area contributed by atoms with E-state index in [0.29, 0.717) is 6.04 Å². The molecule has 2 rings (SSSR count). The zero-order valence-electron chi connectivity index (χ0n) is 12.4. The van der Waals surface area contributed by atoms with E-state index >= 15 is 0 Å². The van der Waals surface area contributed by atoms with Crippen molar-refractivity contribution in [3.05, 3.63) is 29.8 Å². The monoisotopic (exact) mass is 262 g/mol. The average molecular weight is 262 g/mol. The molecule has 1 N–H and O–H groups in total. The summed E-state index contributed by atoms with van der Waals surface area (Å²) in [6, 6.07) is 8.87. The first-order valence-corrected chi connectivity index (χ1v) is 7.23. The van der Waals surface area contributed by atoms with E-state index in [2.05, 4.69) is 36.3 Å². The summed E-state index contributed by atoms with van der Waals surface area (Å²) >= 11 is 0. The third kappa shape index (κ3) is 3.95. The van der Waals surface area contributed by atoms with E-state index < -0.39 is 0 Å². The predicted octanol–water partition coefficient (Wildman–Crippen LogP) is 2.17. The summed E-state index contributed by atoms with van der Waals surface area (Å²) in [4.78, 5) is 2.48. The van der Waals surface area contributed by atoms with Crippen LogP contribution in [0.5, 0.6) is 5.75 Å². The Morgan fingerprint density at radius 2 is 2.21 bits per heavy atom. The standard InChI is InChI=1S/C16H26N2O/c1-13(18(2)12-14-8-9-17-11-14)10-15-6-4-5-7-16(15)19-3/h4-7,13-14,17H,8-12H2,1-3H3. The summed E-state index contributed by atoms with van der Waals surface area (Å²) in [5.74, 6) is 1.82. The van der Waals surface area contributed by atoms with E-state index in [-0.39, 0.29) is 0 Å². The first kappa shape index (κ1) is 14.4. The van der Waals surface area contributed by atoms with Crippen molar-refractivity contribution in [3.8, 4) is 5.75 Å². The van der Waals surface area contributed by atoms with Gasteiger partial charge in [0.05, 0.1) is 7.11 Å². The molecule has 0 radical (unpaired) electrons. The third-order valence-electron chi connectivity index (χ3n) is 4.17. The van der Waals surface area contributed by atoms with Gasteiger partial charge >= 0.3 is 0 Å². The predicted molar refractivity (Wildman–Crippen MR) is 79.8 cm³/mol. The van der Waals surface area contributed by atoms with Gasteiger partial charge in [0.1, 0.15) is 5.75 Å². The van der Waals surface area contributed by atoms with Crippen molar-refractivity contribution in [2.75, 3.05) is 33.8 Å². The van der Waals surface area contributed by atoms with Crippen LogP contribution in [-0.2, 0) is 6.42 Å². The molecule has 0 amide bonds. The van der Waals surface area contributed by atoms with Crippen LogP contribution < -0.4 is 10.1 Å². The quantitative estimate of drug-likeness (QED) is 0.850. The second kappa shape index (κ2) is 6.92. The van der Waals surface area contributed by atoms with Crippen molar-refractivity contribution in [2.24, 2.45) is 5.92 Å². The molecule has 0 spiro atoms. The number of ether oxygens (including phenoxy) is 1. The maximum Gasteiger partial charge on any atom is 0.122 e. The molecular weight excluding hydrogens is 236 g/mol. The van der Waals surface area contributed by atoms with Crippen LogP contribution in [0, 0.1) is 5.92 Å². The van der Waals surface area contributed by atoms with E-state index in [0.717, 1.165) is 18.1 Å². The van der Waals surface area contributed by atoms with Gasteiger partial charge in [-0.05, 0) is 57.5 Å². The molecule has 0 aliphatic carbocycles. The van der Waals surface area contributed by atoms with Gasteiger partial charge < -0.3 is 15.0 Å². The summed E-state index contributed by atoms with van der Waals surface area (Å²) in [6.07, 6.45) is 2.35. The van der Waals surface area contributed by atoms with Gasteiger partial charge in [-0.2, -0.15) is 0 Å². The van der Waals surface area contributed by atoms with Gasteiger partial charge in [0.2, 0.25) is 0 Å². The van der Waals surface area contributed by atoms with E-state index in [1.54, 1.807) is 7.11 Å². The van der Waals surface area contributed by atoms with E-state index in [1.165, 1.54) is 31.6 Å². The fraction of sp³-hybridized carbons (Fsp3) is 0.625. The van der Waals surface area contributed by atoms with Crippen LogP contribution in [0.3, 0.4) is 0 Å². The lowest BCUT2D eigenvalue weighted by Gasteiger charge is -2.27. The molecule has 0 bridgehead atoms. The smallest absolute Gasteiger partial charge is 0.122 e. The van der Waals surface area contributed by atoms with Gasteiger partial charge in [0, 0.05) is 12.6 Å². The van der Waals surface area contributed by atoms with E-state index in [4.69, 9.17) is 4.74 Å². The third-order valence-corrected chi connectivity index (χ3v) is 4.17. The summed E-state index contributed by atoms with van der Waals surface area (Å²) in [6.45, 7) is 5.84. The Kier molecular flexibility index (Phi) is 5.23. The van der Waals surface area contributed by atoms with Crippen molar-refractivity contribution in [1.29, 1.82) is 0 Å². The highest BCUT2D eigenvalue weighted by atomic mass is 16.5. The number of hydrogen-bond donors (Lipinski definition) is 1. The highest BCUT2D eigenvalue weighted by Crippen LogP contribution is 2.21. The zero-order valence-corrected chi connectivity index (χ0v) is 12.4. The van der Waals surface area contributed by atoms with E-state index in [9.17, 15) is 0 Å². The Bertz CT molecular complexity index is 388. The van der Waals surface area contributed by atoms with Crippen molar-refractivity contribution in [2.45, 2.75) is 25.8 Å². The Morgan fingerprint density at radius 1 is 1.42 bits per heavy atom. The summed E-state index contributed by atoms with van der Waals surface area (Å²) in [7, 11) is 3.98. The maximum atomic E-state index is 5.43. The summed E-state index contributed by atoms with van der Waals surface area (Å²) in [5, 5.41) is 3.44. The topological polar surface area (TPSA) is 24.5 Å². The number of nitrogens with one attached hydrogen (secondary N) is 1. The number of benzene rings is 1. The number of nitrogens with zero attached hydrogens (tertiary/aromatic N) is 1. The first-order chi connectivity index (χ1) is 9.20. The van der Waals surface area contributed by atoms with E-state index in [1.807, 2.05) is 12.1 Å². The van der Waals surface area contributed by atoms with Crippen LogP contribution in [0.1, 0.15) is 18.9 Å². The number of para-hydroxylation sites is 1. The Balaban J connectivity index is 1.90. The molecule has 1 aliphatic rings. The van der Waals surface area contributed by atoms with Gasteiger partial charge in [-0.15, -0.1) is 0 Å². The van der Waals surface area contributed by atoms with Crippen LogP contribution >= 0.6 is 0 Å². The molecule has 2 unspecified atom stereocenters. The molecule has 3 nitrogen and oxygen atoms in total. The molecule has 2 atom stereocenters. The lowest BCUT2D eigenvalue weighted by atomic mass is 10.0. The van der Waals surface area contributed by atoms with Gasteiger partial charge in [0.15, 0.2) is 0 Å². The van der Waals surface area contributed by atoms with Crippen LogP contribution in [0.2, 0.25) is 0 Å². The lowest BCUT2D eigenvalue weighted by Crippen LogP contribution is -2.35. The minimum atomic E-state index is 0.539. The Hall–Kier alpha value is -1.06. The normalized spacial score (nSPS) is 20.7. The largest absolute Gasteiger partial charge is 0.496 e. The molecule has 1 saturated heterocycles. The fourth-order valence-corrected chi connectivity index (χ4v) is 2.80. The van der Waals surface area contributed by atoms with Gasteiger partial charge in [0.25, 0.3) is 0 Å². The van der Waals surface area contributed by atoms with Crippen molar-refractivity contribution >= 4 is 0 Å². The first-order valence-electron chi connectivity index (χ1n) is 7.23. The number of hydrogen-bond acceptors (Lipinski definition) is 3. The second-order valence-corrected chi connectivity index (χ2v) is 5.66. The van der Waals surface area contributed by atoms with Crippen molar-refractivity contribution in [3.63, 3.8) is 0 Å². The molecule has 1 aliphatic heterocycles. The molecule has 1 heterocycles. The van der Waals surface area contributed by atoms with Crippen LogP contribution in [0.4, 0.5) is 0 Å². The highest BCUT2D eigenvalue weighted by Gasteiger charge is 2.19.